The lowest BCUT2D eigenvalue weighted by atomic mass is 10.1. The summed E-state index contributed by atoms with van der Waals surface area (Å²) in [5.41, 5.74) is 2.62. The standard InChI is InChI=1S/C20H14Cl2N2O3/c1-27-20(26)12-4-2-11(3-5-12)8-13-6-7-24-18(13)23-17-15(19(24)25)9-14(21)10-16(17)22/h2-5,8-10H,6-7H2,1H3/b13-8+. The van der Waals surface area contributed by atoms with Crippen molar-refractivity contribution < 1.29 is 9.53 Å². The van der Waals surface area contributed by atoms with Crippen molar-refractivity contribution in [3.63, 3.8) is 0 Å². The fourth-order valence-corrected chi connectivity index (χ4v) is 3.75. The van der Waals surface area contributed by atoms with Crippen molar-refractivity contribution in [2.45, 2.75) is 13.0 Å². The van der Waals surface area contributed by atoms with Gasteiger partial charge in [0.15, 0.2) is 0 Å². The fraction of sp³-hybridized carbons (Fsp3) is 0.150. The molecule has 2 heterocycles. The highest BCUT2D eigenvalue weighted by atomic mass is 35.5. The van der Waals surface area contributed by atoms with Crippen LogP contribution < -0.4 is 5.56 Å². The number of nitrogens with zero attached hydrogens (tertiary/aromatic N) is 2. The SMILES string of the molecule is COC(=O)c1ccc(/C=C2\CCn3c2nc2c(Cl)cc(Cl)cc2c3=O)cc1. The summed E-state index contributed by atoms with van der Waals surface area (Å²) in [7, 11) is 1.35. The van der Waals surface area contributed by atoms with Crippen LogP contribution in [-0.4, -0.2) is 22.6 Å². The van der Waals surface area contributed by atoms with E-state index in [0.29, 0.717) is 45.3 Å². The second-order valence-electron chi connectivity index (χ2n) is 6.21. The van der Waals surface area contributed by atoms with E-state index >= 15 is 0 Å². The third kappa shape index (κ3) is 3.13. The molecule has 0 fully saturated rings. The summed E-state index contributed by atoms with van der Waals surface area (Å²) in [6.07, 6.45) is 2.64. The van der Waals surface area contributed by atoms with Gasteiger partial charge in [0, 0.05) is 11.6 Å². The molecule has 0 saturated carbocycles. The Morgan fingerprint density at radius 2 is 1.96 bits per heavy atom. The molecule has 1 aromatic heterocycles. The number of esters is 1. The summed E-state index contributed by atoms with van der Waals surface area (Å²) in [5, 5.41) is 1.18. The van der Waals surface area contributed by atoms with Crippen molar-refractivity contribution in [3.8, 4) is 0 Å². The minimum atomic E-state index is -0.381. The van der Waals surface area contributed by atoms with E-state index in [2.05, 4.69) is 4.98 Å². The molecule has 1 aliphatic rings. The molecular weight excluding hydrogens is 387 g/mol. The summed E-state index contributed by atoms with van der Waals surface area (Å²) in [6.45, 7) is 0.549. The Bertz CT molecular complexity index is 1160. The van der Waals surface area contributed by atoms with Crippen LogP contribution in [0.1, 0.15) is 28.2 Å². The first-order valence-electron chi connectivity index (χ1n) is 8.27. The normalized spacial score (nSPS) is 14.6. The maximum absolute atomic E-state index is 12.8. The lowest BCUT2D eigenvalue weighted by Crippen LogP contribution is -2.20. The number of halogens is 2. The summed E-state index contributed by atoms with van der Waals surface area (Å²) < 4.78 is 6.35. The maximum atomic E-state index is 12.8. The van der Waals surface area contributed by atoms with E-state index in [1.54, 1.807) is 28.8 Å². The van der Waals surface area contributed by atoms with E-state index in [9.17, 15) is 9.59 Å². The molecule has 4 rings (SSSR count). The van der Waals surface area contributed by atoms with Gasteiger partial charge in [0.05, 0.1) is 28.6 Å². The molecule has 1 aliphatic heterocycles. The van der Waals surface area contributed by atoms with Gasteiger partial charge in [-0.2, -0.15) is 0 Å². The smallest absolute Gasteiger partial charge is 0.337 e. The lowest BCUT2D eigenvalue weighted by Gasteiger charge is -2.07. The Labute approximate surface area is 164 Å². The van der Waals surface area contributed by atoms with Crippen LogP contribution in [0.15, 0.2) is 41.2 Å². The summed E-state index contributed by atoms with van der Waals surface area (Å²) in [4.78, 5) is 29.0. The van der Waals surface area contributed by atoms with Crippen LogP contribution in [0.2, 0.25) is 10.0 Å². The monoisotopic (exact) mass is 400 g/mol. The highest BCUT2D eigenvalue weighted by molar-refractivity contribution is 6.38. The fourth-order valence-electron chi connectivity index (χ4n) is 3.22. The number of aromatic nitrogens is 2. The molecule has 0 unspecified atom stereocenters. The van der Waals surface area contributed by atoms with Crippen molar-refractivity contribution in [3.05, 3.63) is 73.7 Å². The molecule has 5 nitrogen and oxygen atoms in total. The van der Waals surface area contributed by atoms with Crippen molar-refractivity contribution in [2.75, 3.05) is 7.11 Å². The molecule has 7 heteroatoms. The molecule has 0 saturated heterocycles. The van der Waals surface area contributed by atoms with Crippen LogP contribution in [0.25, 0.3) is 22.6 Å². The second-order valence-corrected chi connectivity index (χ2v) is 7.05. The quantitative estimate of drug-likeness (QED) is 0.596. The maximum Gasteiger partial charge on any atom is 0.337 e. The summed E-state index contributed by atoms with van der Waals surface area (Å²) in [5.74, 6) is 0.224. The van der Waals surface area contributed by atoms with Gasteiger partial charge in [0.2, 0.25) is 0 Å². The van der Waals surface area contributed by atoms with Gasteiger partial charge in [-0.3, -0.25) is 9.36 Å². The molecular formula is C20H14Cl2N2O3. The number of fused-ring (bicyclic) bond motifs is 2. The molecule has 0 N–H and O–H groups in total. The molecule has 0 amide bonds. The van der Waals surface area contributed by atoms with E-state index in [1.165, 1.54) is 7.11 Å². The van der Waals surface area contributed by atoms with Gasteiger partial charge in [0.1, 0.15) is 5.82 Å². The van der Waals surface area contributed by atoms with Crippen LogP contribution >= 0.6 is 23.2 Å². The van der Waals surface area contributed by atoms with Crippen molar-refractivity contribution >= 4 is 51.7 Å². The van der Waals surface area contributed by atoms with Crippen molar-refractivity contribution in [1.82, 2.24) is 9.55 Å². The third-order valence-electron chi connectivity index (χ3n) is 4.54. The number of rotatable bonds is 2. The van der Waals surface area contributed by atoms with Crippen molar-refractivity contribution in [1.29, 1.82) is 0 Å². The Morgan fingerprint density at radius 3 is 2.67 bits per heavy atom. The van der Waals surface area contributed by atoms with Crippen LogP contribution in [0.3, 0.4) is 0 Å². The minimum absolute atomic E-state index is 0.149. The number of carbonyl (C=O) groups is 1. The average Bonchev–Trinajstić information content (AvgIpc) is 3.06. The highest BCUT2D eigenvalue weighted by Crippen LogP contribution is 2.30. The number of ether oxygens (including phenoxy) is 1. The van der Waals surface area contributed by atoms with Gasteiger partial charge in [-0.05, 0) is 47.9 Å². The van der Waals surface area contributed by atoms with E-state index in [4.69, 9.17) is 27.9 Å². The zero-order valence-corrected chi connectivity index (χ0v) is 15.8. The first-order chi connectivity index (χ1) is 13.0. The number of benzene rings is 2. The topological polar surface area (TPSA) is 61.2 Å². The molecule has 0 aliphatic carbocycles. The number of hydrogen-bond donors (Lipinski definition) is 0. The van der Waals surface area contributed by atoms with Gasteiger partial charge in [-0.1, -0.05) is 35.3 Å². The average molecular weight is 401 g/mol. The zero-order chi connectivity index (χ0) is 19.1. The van der Waals surface area contributed by atoms with E-state index in [-0.39, 0.29) is 11.5 Å². The van der Waals surface area contributed by atoms with Gasteiger partial charge < -0.3 is 4.74 Å². The minimum Gasteiger partial charge on any atom is -0.465 e. The third-order valence-corrected chi connectivity index (χ3v) is 5.05. The Morgan fingerprint density at radius 1 is 1.22 bits per heavy atom. The largest absolute Gasteiger partial charge is 0.465 e. The highest BCUT2D eigenvalue weighted by Gasteiger charge is 2.22. The predicted octanol–water partition coefficient (Wildman–Crippen LogP) is 4.43. The van der Waals surface area contributed by atoms with E-state index < -0.39 is 0 Å². The predicted molar refractivity (Wildman–Crippen MR) is 106 cm³/mol. The molecule has 136 valence electrons. The molecule has 2 aromatic carbocycles. The summed E-state index contributed by atoms with van der Waals surface area (Å²) in [6, 6.07) is 10.2. The van der Waals surface area contributed by atoms with E-state index in [0.717, 1.165) is 11.1 Å². The van der Waals surface area contributed by atoms with Crippen molar-refractivity contribution in [2.24, 2.45) is 0 Å². The van der Waals surface area contributed by atoms with Gasteiger partial charge >= 0.3 is 5.97 Å². The number of methoxy groups -OCH3 is 1. The van der Waals surface area contributed by atoms with Crippen LogP contribution in [0.5, 0.6) is 0 Å². The Balaban J connectivity index is 1.80. The molecule has 0 atom stereocenters. The van der Waals surface area contributed by atoms with Gasteiger partial charge in [-0.15, -0.1) is 0 Å². The second kappa shape index (κ2) is 6.83. The van der Waals surface area contributed by atoms with Crippen LogP contribution in [0, 0.1) is 0 Å². The van der Waals surface area contributed by atoms with E-state index in [1.807, 2.05) is 18.2 Å². The van der Waals surface area contributed by atoms with Crippen LogP contribution in [0.4, 0.5) is 0 Å². The number of carbonyl (C=O) groups excluding carboxylic acids is 1. The Kier molecular flexibility index (Phi) is 4.50. The molecule has 27 heavy (non-hydrogen) atoms. The Hall–Kier alpha value is -2.63. The summed E-state index contributed by atoms with van der Waals surface area (Å²) >= 11 is 12.3. The zero-order valence-electron chi connectivity index (χ0n) is 14.3. The van der Waals surface area contributed by atoms with Gasteiger partial charge in [0.25, 0.3) is 5.56 Å². The molecule has 0 radical (unpaired) electrons. The molecule has 0 spiro atoms. The van der Waals surface area contributed by atoms with Gasteiger partial charge in [-0.25, -0.2) is 9.78 Å². The molecule has 3 aromatic rings. The number of hydrogen-bond acceptors (Lipinski definition) is 4. The lowest BCUT2D eigenvalue weighted by molar-refractivity contribution is 0.0600. The number of allylic oxidation sites excluding steroid dienone is 1. The molecule has 0 bridgehead atoms. The first-order valence-corrected chi connectivity index (χ1v) is 9.02. The first kappa shape index (κ1) is 17.8. The van der Waals surface area contributed by atoms with Crippen LogP contribution in [-0.2, 0) is 11.3 Å².